The third kappa shape index (κ3) is 2.96. The Hall–Kier alpha value is -1.56. The Bertz CT molecular complexity index is 362. The molecule has 1 atom stereocenters. The van der Waals surface area contributed by atoms with Gasteiger partial charge in [0.1, 0.15) is 0 Å². The number of aliphatic hydroxyl groups is 1. The van der Waals surface area contributed by atoms with Crippen LogP contribution in [0.25, 0.3) is 0 Å². The number of hydrogen-bond donors (Lipinski definition) is 4. The number of rotatable bonds is 5. The zero-order valence-corrected chi connectivity index (χ0v) is 9.58. The SMILES string of the molecule is Cc1[nH]nc(C(=O)NC(C)CCCO)c1N. The molecule has 0 aliphatic carbocycles. The van der Waals surface area contributed by atoms with Crippen LogP contribution in [0.3, 0.4) is 0 Å². The molecule has 1 amide bonds. The van der Waals surface area contributed by atoms with Gasteiger partial charge < -0.3 is 16.2 Å². The van der Waals surface area contributed by atoms with E-state index in [0.717, 1.165) is 6.42 Å². The first-order valence-corrected chi connectivity index (χ1v) is 5.28. The van der Waals surface area contributed by atoms with Crippen molar-refractivity contribution in [1.29, 1.82) is 0 Å². The highest BCUT2D eigenvalue weighted by atomic mass is 16.3. The molecule has 0 saturated heterocycles. The van der Waals surface area contributed by atoms with Gasteiger partial charge in [-0.2, -0.15) is 5.10 Å². The van der Waals surface area contributed by atoms with E-state index in [-0.39, 0.29) is 24.2 Å². The fraction of sp³-hybridized carbons (Fsp3) is 0.600. The number of carbonyl (C=O) groups excluding carboxylic acids is 1. The molecular weight excluding hydrogens is 208 g/mol. The predicted molar refractivity (Wildman–Crippen MR) is 61.0 cm³/mol. The second-order valence-electron chi connectivity index (χ2n) is 3.85. The fourth-order valence-electron chi connectivity index (χ4n) is 1.37. The minimum Gasteiger partial charge on any atom is -0.396 e. The molecule has 5 N–H and O–H groups in total. The van der Waals surface area contributed by atoms with Gasteiger partial charge >= 0.3 is 0 Å². The summed E-state index contributed by atoms with van der Waals surface area (Å²) in [5.41, 5.74) is 6.98. The van der Waals surface area contributed by atoms with Crippen LogP contribution in [0, 0.1) is 6.92 Å². The molecule has 1 rings (SSSR count). The van der Waals surface area contributed by atoms with Crippen molar-refractivity contribution < 1.29 is 9.90 Å². The summed E-state index contributed by atoms with van der Waals surface area (Å²) in [5.74, 6) is -0.285. The number of nitrogens with one attached hydrogen (secondary N) is 2. The minimum absolute atomic E-state index is 0.00365. The van der Waals surface area contributed by atoms with E-state index in [2.05, 4.69) is 15.5 Å². The topological polar surface area (TPSA) is 104 Å². The Morgan fingerprint density at radius 1 is 1.69 bits per heavy atom. The molecule has 16 heavy (non-hydrogen) atoms. The fourth-order valence-corrected chi connectivity index (χ4v) is 1.37. The van der Waals surface area contributed by atoms with Crippen molar-refractivity contribution >= 4 is 11.6 Å². The average molecular weight is 226 g/mol. The van der Waals surface area contributed by atoms with E-state index in [4.69, 9.17) is 10.8 Å². The number of carbonyl (C=O) groups is 1. The van der Waals surface area contributed by atoms with Gasteiger partial charge in [-0.15, -0.1) is 0 Å². The summed E-state index contributed by atoms with van der Waals surface area (Å²) >= 11 is 0. The molecule has 6 heteroatoms. The third-order valence-corrected chi connectivity index (χ3v) is 2.38. The second-order valence-corrected chi connectivity index (χ2v) is 3.85. The number of aromatic amines is 1. The molecule has 6 nitrogen and oxygen atoms in total. The van der Waals surface area contributed by atoms with Crippen LogP contribution < -0.4 is 11.1 Å². The first kappa shape index (κ1) is 12.5. The number of nitrogens with zero attached hydrogens (tertiary/aromatic N) is 1. The molecule has 0 aliphatic heterocycles. The van der Waals surface area contributed by atoms with E-state index in [1.54, 1.807) is 6.92 Å². The second kappa shape index (κ2) is 5.50. The van der Waals surface area contributed by atoms with Gasteiger partial charge in [0.15, 0.2) is 5.69 Å². The number of aryl methyl sites for hydroxylation is 1. The lowest BCUT2D eigenvalue weighted by atomic mass is 10.2. The number of H-pyrrole nitrogens is 1. The minimum atomic E-state index is -0.285. The normalized spacial score (nSPS) is 12.4. The molecule has 1 aromatic heterocycles. The molecule has 1 aromatic rings. The van der Waals surface area contributed by atoms with Crippen LogP contribution in [0.4, 0.5) is 5.69 Å². The van der Waals surface area contributed by atoms with Crippen molar-refractivity contribution in [2.24, 2.45) is 0 Å². The summed E-state index contributed by atoms with van der Waals surface area (Å²) in [6.07, 6.45) is 1.39. The first-order chi connectivity index (χ1) is 7.56. The molecular formula is C10H18N4O2. The summed E-state index contributed by atoms with van der Waals surface area (Å²) < 4.78 is 0. The van der Waals surface area contributed by atoms with E-state index < -0.39 is 0 Å². The highest BCUT2D eigenvalue weighted by molar-refractivity contribution is 5.97. The maximum atomic E-state index is 11.7. The molecule has 0 bridgehead atoms. The number of anilines is 1. The summed E-state index contributed by atoms with van der Waals surface area (Å²) in [4.78, 5) is 11.7. The van der Waals surface area contributed by atoms with E-state index in [9.17, 15) is 4.79 Å². The number of amides is 1. The summed E-state index contributed by atoms with van der Waals surface area (Å²) in [6, 6.07) is -0.00365. The van der Waals surface area contributed by atoms with Gasteiger partial charge in [-0.05, 0) is 26.7 Å². The Kier molecular flexibility index (Phi) is 4.30. The molecule has 90 valence electrons. The van der Waals surface area contributed by atoms with Crippen LogP contribution in [-0.4, -0.2) is 33.9 Å². The maximum Gasteiger partial charge on any atom is 0.274 e. The Morgan fingerprint density at radius 3 is 2.88 bits per heavy atom. The summed E-state index contributed by atoms with van der Waals surface area (Å²) in [7, 11) is 0. The number of hydrogen-bond acceptors (Lipinski definition) is 4. The van der Waals surface area contributed by atoms with Gasteiger partial charge in [-0.1, -0.05) is 0 Å². The number of aromatic nitrogens is 2. The quantitative estimate of drug-likeness (QED) is 0.575. The molecule has 0 saturated carbocycles. The van der Waals surface area contributed by atoms with Gasteiger partial charge in [0.2, 0.25) is 0 Å². The molecule has 0 aliphatic rings. The zero-order chi connectivity index (χ0) is 12.1. The van der Waals surface area contributed by atoms with Gasteiger partial charge in [-0.3, -0.25) is 9.89 Å². The summed E-state index contributed by atoms with van der Waals surface area (Å²) in [5, 5.41) is 17.9. The molecule has 1 unspecified atom stereocenters. The zero-order valence-electron chi connectivity index (χ0n) is 9.58. The lowest BCUT2D eigenvalue weighted by Crippen LogP contribution is -2.33. The van der Waals surface area contributed by atoms with Crippen molar-refractivity contribution in [2.75, 3.05) is 12.3 Å². The van der Waals surface area contributed by atoms with E-state index >= 15 is 0 Å². The molecule has 0 radical (unpaired) electrons. The average Bonchev–Trinajstić information content (AvgIpc) is 2.57. The number of aliphatic hydroxyl groups excluding tert-OH is 1. The van der Waals surface area contributed by atoms with Crippen LogP contribution in [0.1, 0.15) is 35.9 Å². The molecule has 0 spiro atoms. The van der Waals surface area contributed by atoms with Crippen molar-refractivity contribution in [1.82, 2.24) is 15.5 Å². The Morgan fingerprint density at radius 2 is 2.38 bits per heavy atom. The monoisotopic (exact) mass is 226 g/mol. The van der Waals surface area contributed by atoms with Gasteiger partial charge in [0.25, 0.3) is 5.91 Å². The number of nitrogens with two attached hydrogens (primary N) is 1. The first-order valence-electron chi connectivity index (χ1n) is 5.28. The van der Waals surface area contributed by atoms with Gasteiger partial charge in [0, 0.05) is 12.6 Å². The van der Waals surface area contributed by atoms with Crippen molar-refractivity contribution in [3.63, 3.8) is 0 Å². The predicted octanol–water partition coefficient (Wildman–Crippen LogP) is 0.191. The van der Waals surface area contributed by atoms with Crippen LogP contribution in [-0.2, 0) is 0 Å². The summed E-state index contributed by atoms with van der Waals surface area (Å²) in [6.45, 7) is 3.77. The van der Waals surface area contributed by atoms with Crippen molar-refractivity contribution in [3.05, 3.63) is 11.4 Å². The van der Waals surface area contributed by atoms with Gasteiger partial charge in [0.05, 0.1) is 11.4 Å². The van der Waals surface area contributed by atoms with E-state index in [0.29, 0.717) is 17.8 Å². The molecule has 0 aromatic carbocycles. The van der Waals surface area contributed by atoms with Crippen LogP contribution in [0.5, 0.6) is 0 Å². The highest BCUT2D eigenvalue weighted by Crippen LogP contribution is 2.12. The van der Waals surface area contributed by atoms with Gasteiger partial charge in [-0.25, -0.2) is 0 Å². The molecule has 0 fully saturated rings. The van der Waals surface area contributed by atoms with Crippen LogP contribution >= 0.6 is 0 Å². The number of nitrogen functional groups attached to an aromatic ring is 1. The third-order valence-electron chi connectivity index (χ3n) is 2.38. The largest absolute Gasteiger partial charge is 0.396 e. The highest BCUT2D eigenvalue weighted by Gasteiger charge is 2.16. The van der Waals surface area contributed by atoms with Crippen molar-refractivity contribution in [2.45, 2.75) is 32.7 Å². The Balaban J connectivity index is 2.55. The van der Waals surface area contributed by atoms with Crippen LogP contribution in [0.2, 0.25) is 0 Å². The van der Waals surface area contributed by atoms with Crippen molar-refractivity contribution in [3.8, 4) is 0 Å². The lowest BCUT2D eigenvalue weighted by Gasteiger charge is -2.12. The lowest BCUT2D eigenvalue weighted by molar-refractivity contribution is 0.0932. The standard InChI is InChI=1S/C10H18N4O2/c1-6(4-3-5-15)12-10(16)9-8(11)7(2)13-14-9/h6,15H,3-5,11H2,1-2H3,(H,12,16)(H,13,14). The Labute approximate surface area is 94.2 Å². The molecule has 1 heterocycles. The van der Waals surface area contributed by atoms with E-state index in [1.807, 2.05) is 6.92 Å². The smallest absolute Gasteiger partial charge is 0.274 e. The van der Waals surface area contributed by atoms with Crippen LogP contribution in [0.15, 0.2) is 0 Å². The van der Waals surface area contributed by atoms with E-state index in [1.165, 1.54) is 0 Å². The maximum absolute atomic E-state index is 11.7.